The number of methoxy groups -OCH3 is 1. The summed E-state index contributed by atoms with van der Waals surface area (Å²) in [7, 11) is 1.70. The molecule has 2 aromatic rings. The summed E-state index contributed by atoms with van der Waals surface area (Å²) >= 11 is 0. The van der Waals surface area contributed by atoms with E-state index < -0.39 is 0 Å². The number of aliphatic imine (C=N–C) groups is 1. The van der Waals surface area contributed by atoms with Crippen LogP contribution in [0, 0.1) is 5.82 Å². The molecule has 0 heterocycles. The lowest BCUT2D eigenvalue weighted by atomic mass is 9.96. The van der Waals surface area contributed by atoms with Gasteiger partial charge in [0.05, 0.1) is 13.2 Å². The first-order valence-corrected chi connectivity index (χ1v) is 9.50. The highest BCUT2D eigenvalue weighted by atomic mass is 127. The van der Waals surface area contributed by atoms with Gasteiger partial charge in [0.15, 0.2) is 5.96 Å². The molecule has 1 saturated carbocycles. The number of halogens is 2. The van der Waals surface area contributed by atoms with E-state index in [1.165, 1.54) is 6.07 Å². The Kier molecular flexibility index (Phi) is 8.69. The predicted molar refractivity (Wildman–Crippen MR) is 123 cm³/mol. The molecule has 0 bridgehead atoms. The molecule has 0 unspecified atom stereocenters. The zero-order valence-corrected chi connectivity index (χ0v) is 18.8. The maximum Gasteiger partial charge on any atom is 0.191 e. The fraction of sp³-hybridized carbons (Fsp3) is 0.409. The zero-order chi connectivity index (χ0) is 19.1. The average molecular weight is 497 g/mol. The molecule has 152 valence electrons. The smallest absolute Gasteiger partial charge is 0.191 e. The molecule has 0 radical (unpaired) electrons. The molecule has 3 rings (SSSR count). The minimum Gasteiger partial charge on any atom is -0.380 e. The number of nitrogens with one attached hydrogen (secondary N) is 2. The predicted octanol–water partition coefficient (Wildman–Crippen LogP) is 4.38. The third-order valence-corrected chi connectivity index (χ3v) is 4.98. The molecule has 0 amide bonds. The van der Waals surface area contributed by atoms with Gasteiger partial charge in [0.25, 0.3) is 0 Å². The van der Waals surface area contributed by atoms with Crippen molar-refractivity contribution in [1.82, 2.24) is 10.6 Å². The number of rotatable bonds is 8. The standard InChI is InChI=1S/C22H28FN3O.HI/c1-3-24-21(25-14-17-7-9-18(10-8-17)15-27-2)26-16-22(11-12-22)19-5-4-6-20(23)13-19;/h4-10,13H,3,11-12,14-16H2,1-2H3,(H2,24,25,26);1H. The molecule has 1 aliphatic carbocycles. The van der Waals surface area contributed by atoms with Crippen LogP contribution in [0.2, 0.25) is 0 Å². The molecule has 2 aromatic carbocycles. The van der Waals surface area contributed by atoms with E-state index in [0.29, 0.717) is 13.2 Å². The summed E-state index contributed by atoms with van der Waals surface area (Å²) in [6.07, 6.45) is 2.15. The lowest BCUT2D eigenvalue weighted by molar-refractivity contribution is 0.185. The van der Waals surface area contributed by atoms with Crippen LogP contribution in [0.15, 0.2) is 53.5 Å². The van der Waals surface area contributed by atoms with Crippen LogP contribution < -0.4 is 10.6 Å². The zero-order valence-electron chi connectivity index (χ0n) is 16.5. The molecular weight excluding hydrogens is 468 g/mol. The summed E-state index contributed by atoms with van der Waals surface area (Å²) < 4.78 is 18.7. The Morgan fingerprint density at radius 1 is 1.11 bits per heavy atom. The van der Waals surface area contributed by atoms with Crippen molar-refractivity contribution in [2.45, 2.75) is 38.3 Å². The van der Waals surface area contributed by atoms with Crippen LogP contribution in [0.5, 0.6) is 0 Å². The third-order valence-electron chi connectivity index (χ3n) is 4.98. The highest BCUT2D eigenvalue weighted by Gasteiger charge is 2.44. The minimum atomic E-state index is -0.170. The van der Waals surface area contributed by atoms with Crippen molar-refractivity contribution in [3.05, 3.63) is 71.0 Å². The van der Waals surface area contributed by atoms with Crippen molar-refractivity contribution in [1.29, 1.82) is 0 Å². The number of nitrogens with zero attached hydrogens (tertiary/aromatic N) is 1. The SMILES string of the molecule is CCNC(=NCc1ccc(COC)cc1)NCC1(c2cccc(F)c2)CC1.I. The Hall–Kier alpha value is -1.67. The first kappa shape index (κ1) is 22.6. The van der Waals surface area contributed by atoms with Gasteiger partial charge in [0.2, 0.25) is 0 Å². The van der Waals surface area contributed by atoms with Crippen molar-refractivity contribution < 1.29 is 9.13 Å². The van der Waals surface area contributed by atoms with Gasteiger partial charge in [-0.1, -0.05) is 36.4 Å². The van der Waals surface area contributed by atoms with Gasteiger partial charge in [-0.05, 0) is 48.6 Å². The fourth-order valence-corrected chi connectivity index (χ4v) is 3.21. The van der Waals surface area contributed by atoms with Crippen molar-refractivity contribution in [2.24, 2.45) is 4.99 Å². The molecule has 4 nitrogen and oxygen atoms in total. The highest BCUT2D eigenvalue weighted by Crippen LogP contribution is 2.47. The van der Waals surface area contributed by atoms with Gasteiger partial charge in [-0.25, -0.2) is 9.38 Å². The number of benzene rings is 2. The van der Waals surface area contributed by atoms with E-state index in [1.807, 2.05) is 6.07 Å². The van der Waals surface area contributed by atoms with Crippen LogP contribution >= 0.6 is 24.0 Å². The van der Waals surface area contributed by atoms with Gasteiger partial charge in [-0.15, -0.1) is 24.0 Å². The Morgan fingerprint density at radius 3 is 2.43 bits per heavy atom. The third kappa shape index (κ3) is 6.17. The lowest BCUT2D eigenvalue weighted by Crippen LogP contribution is -2.41. The number of guanidine groups is 1. The number of hydrogen-bond acceptors (Lipinski definition) is 2. The lowest BCUT2D eigenvalue weighted by Gasteiger charge is -2.19. The quantitative estimate of drug-likeness (QED) is 0.324. The molecule has 0 saturated heterocycles. The summed E-state index contributed by atoms with van der Waals surface area (Å²) in [6.45, 7) is 4.84. The van der Waals surface area contributed by atoms with Crippen LogP contribution in [0.1, 0.15) is 36.5 Å². The molecule has 2 N–H and O–H groups in total. The van der Waals surface area contributed by atoms with Gasteiger partial charge in [-0.3, -0.25) is 0 Å². The largest absolute Gasteiger partial charge is 0.380 e. The first-order valence-electron chi connectivity index (χ1n) is 9.50. The van der Waals surface area contributed by atoms with Crippen LogP contribution in [0.25, 0.3) is 0 Å². The Bertz CT molecular complexity index is 776. The summed E-state index contributed by atoms with van der Waals surface area (Å²) in [5, 5.41) is 6.73. The van der Waals surface area contributed by atoms with Gasteiger partial charge < -0.3 is 15.4 Å². The fourth-order valence-electron chi connectivity index (χ4n) is 3.21. The summed E-state index contributed by atoms with van der Waals surface area (Å²) in [6, 6.07) is 15.3. The molecule has 6 heteroatoms. The molecule has 0 aromatic heterocycles. The van der Waals surface area contributed by atoms with Crippen LogP contribution in [0.3, 0.4) is 0 Å². The number of hydrogen-bond donors (Lipinski definition) is 2. The second kappa shape index (κ2) is 10.8. The Balaban J connectivity index is 0.00000280. The van der Waals surface area contributed by atoms with Gasteiger partial charge in [0, 0.05) is 25.6 Å². The summed E-state index contributed by atoms with van der Waals surface area (Å²) in [5.74, 6) is 0.623. The van der Waals surface area contributed by atoms with Crippen molar-refractivity contribution in [3.8, 4) is 0 Å². The summed E-state index contributed by atoms with van der Waals surface area (Å²) in [5.41, 5.74) is 3.40. The normalized spacial score (nSPS) is 14.9. The topological polar surface area (TPSA) is 45.7 Å². The second-order valence-corrected chi connectivity index (χ2v) is 7.09. The molecule has 0 aliphatic heterocycles. The Morgan fingerprint density at radius 2 is 1.82 bits per heavy atom. The highest BCUT2D eigenvalue weighted by molar-refractivity contribution is 14.0. The van der Waals surface area contributed by atoms with Crippen LogP contribution in [-0.2, 0) is 23.3 Å². The van der Waals surface area contributed by atoms with Gasteiger partial charge in [-0.2, -0.15) is 0 Å². The van der Waals surface area contributed by atoms with E-state index in [4.69, 9.17) is 9.73 Å². The maximum atomic E-state index is 13.6. The van der Waals surface area contributed by atoms with Crippen LogP contribution in [0.4, 0.5) is 4.39 Å². The second-order valence-electron chi connectivity index (χ2n) is 7.09. The van der Waals surface area contributed by atoms with Gasteiger partial charge >= 0.3 is 0 Å². The van der Waals surface area contributed by atoms with E-state index >= 15 is 0 Å². The molecule has 1 aliphatic rings. The maximum absolute atomic E-state index is 13.6. The molecule has 0 spiro atoms. The van der Waals surface area contributed by atoms with E-state index in [0.717, 1.165) is 48.6 Å². The van der Waals surface area contributed by atoms with E-state index in [-0.39, 0.29) is 35.2 Å². The van der Waals surface area contributed by atoms with Crippen molar-refractivity contribution in [2.75, 3.05) is 20.2 Å². The van der Waals surface area contributed by atoms with Crippen molar-refractivity contribution in [3.63, 3.8) is 0 Å². The first-order chi connectivity index (χ1) is 13.1. The van der Waals surface area contributed by atoms with E-state index in [9.17, 15) is 4.39 Å². The molecule has 1 fully saturated rings. The number of ether oxygens (including phenoxy) is 1. The monoisotopic (exact) mass is 497 g/mol. The minimum absolute atomic E-state index is 0. The summed E-state index contributed by atoms with van der Waals surface area (Å²) in [4.78, 5) is 4.69. The Labute approximate surface area is 184 Å². The molecule has 28 heavy (non-hydrogen) atoms. The van der Waals surface area contributed by atoms with E-state index in [1.54, 1.807) is 19.2 Å². The average Bonchev–Trinajstić information content (AvgIpc) is 3.47. The van der Waals surface area contributed by atoms with Crippen LogP contribution in [-0.4, -0.2) is 26.2 Å². The van der Waals surface area contributed by atoms with Crippen molar-refractivity contribution >= 4 is 29.9 Å². The van der Waals surface area contributed by atoms with E-state index in [2.05, 4.69) is 41.8 Å². The molecular formula is C22H29FIN3O. The molecule has 0 atom stereocenters. The van der Waals surface area contributed by atoms with Gasteiger partial charge in [0.1, 0.15) is 5.82 Å².